The molecule has 0 aliphatic carbocycles. The number of thiol groups is 1. The van der Waals surface area contributed by atoms with E-state index in [0.29, 0.717) is 12.5 Å². The van der Waals surface area contributed by atoms with Gasteiger partial charge in [-0.25, -0.2) is 0 Å². The number of piperazine rings is 1. The van der Waals surface area contributed by atoms with Crippen LogP contribution in [0, 0.1) is 0 Å². The second kappa shape index (κ2) is 10.9. The molecule has 0 bridgehead atoms. The van der Waals surface area contributed by atoms with Crippen molar-refractivity contribution in [1.82, 2.24) is 9.80 Å². The number of carbonyl (C=O) groups excluding carboxylic acids is 1. The molecule has 0 saturated carbocycles. The third kappa shape index (κ3) is 5.97. The molecule has 0 aromatic heterocycles. The number of hydrogen-bond donors (Lipinski definition) is 1. The fourth-order valence-corrected chi connectivity index (χ4v) is 4.83. The topological polar surface area (TPSA) is 23.6 Å². The maximum absolute atomic E-state index is 12.6. The molecule has 1 aliphatic heterocycles. The molecule has 4 heteroatoms. The highest BCUT2D eigenvalue weighted by Crippen LogP contribution is 2.19. The number of Topliss-reactive ketones (excluding diaryl/α,β-unsaturated/α-hetero) is 1. The Hall–Kier alpha value is -2.14. The van der Waals surface area contributed by atoms with Crippen molar-refractivity contribution in [2.75, 3.05) is 31.9 Å². The van der Waals surface area contributed by atoms with Crippen molar-refractivity contribution in [2.45, 2.75) is 31.8 Å². The molecule has 1 saturated heterocycles. The summed E-state index contributed by atoms with van der Waals surface area (Å²) in [6.07, 6.45) is 2.64. The lowest BCUT2D eigenvalue weighted by Gasteiger charge is -2.41. The Morgan fingerprint density at radius 1 is 0.903 bits per heavy atom. The minimum atomic E-state index is 0.256. The highest BCUT2D eigenvalue weighted by molar-refractivity contribution is 7.80. The summed E-state index contributed by atoms with van der Waals surface area (Å²) in [5.41, 5.74) is 2.21. The molecule has 1 heterocycles. The molecule has 1 unspecified atom stereocenters. The Balaban J connectivity index is 1.21. The van der Waals surface area contributed by atoms with Gasteiger partial charge in [0, 0.05) is 50.0 Å². The summed E-state index contributed by atoms with van der Waals surface area (Å²) in [7, 11) is 0. The van der Waals surface area contributed by atoms with E-state index >= 15 is 0 Å². The Bertz CT molecular complexity index is 991. The number of ketones is 1. The van der Waals surface area contributed by atoms with Gasteiger partial charge >= 0.3 is 0 Å². The first-order chi connectivity index (χ1) is 15.2. The number of rotatable bonds is 9. The summed E-state index contributed by atoms with van der Waals surface area (Å²) >= 11 is 4.62. The molecular formula is C27H32N2OS. The van der Waals surface area contributed by atoms with Crippen LogP contribution in [0.15, 0.2) is 72.8 Å². The van der Waals surface area contributed by atoms with Crippen LogP contribution in [0.25, 0.3) is 10.8 Å². The molecule has 1 fully saturated rings. The lowest BCUT2D eigenvalue weighted by Crippen LogP contribution is -2.53. The molecule has 3 nitrogen and oxygen atoms in total. The number of carbonyl (C=O) groups is 1. The number of unbranched alkanes of at least 4 members (excludes halogenated alkanes) is 1. The van der Waals surface area contributed by atoms with Crippen molar-refractivity contribution in [3.63, 3.8) is 0 Å². The number of nitrogens with zero attached hydrogens (tertiary/aromatic N) is 2. The van der Waals surface area contributed by atoms with Crippen LogP contribution in [-0.2, 0) is 6.54 Å². The average molecular weight is 433 g/mol. The Labute approximate surface area is 191 Å². The Morgan fingerprint density at radius 2 is 1.68 bits per heavy atom. The van der Waals surface area contributed by atoms with Crippen molar-refractivity contribution in [3.05, 3.63) is 83.9 Å². The van der Waals surface area contributed by atoms with Gasteiger partial charge in [0.15, 0.2) is 5.78 Å². The van der Waals surface area contributed by atoms with Gasteiger partial charge in [-0.1, -0.05) is 66.7 Å². The first-order valence-corrected chi connectivity index (χ1v) is 12.0. The highest BCUT2D eigenvalue weighted by atomic mass is 32.1. The van der Waals surface area contributed by atoms with E-state index in [-0.39, 0.29) is 5.78 Å². The smallest absolute Gasteiger partial charge is 0.162 e. The molecule has 0 amide bonds. The minimum absolute atomic E-state index is 0.256. The fourth-order valence-electron chi connectivity index (χ4n) is 4.49. The van der Waals surface area contributed by atoms with Crippen LogP contribution in [0.2, 0.25) is 0 Å². The summed E-state index contributed by atoms with van der Waals surface area (Å²) in [6.45, 7) is 5.30. The summed E-state index contributed by atoms with van der Waals surface area (Å²) in [5, 5.41) is 2.32. The van der Waals surface area contributed by atoms with Gasteiger partial charge in [-0.2, -0.15) is 12.6 Å². The Morgan fingerprint density at radius 3 is 2.48 bits per heavy atom. The minimum Gasteiger partial charge on any atom is -0.300 e. The van der Waals surface area contributed by atoms with Gasteiger partial charge < -0.3 is 4.90 Å². The molecule has 0 N–H and O–H groups in total. The SMILES string of the molecule is O=C(CCCCN1CCN(Cc2ccccc2)C(CS)C1)c1ccc2ccccc2c1. The predicted molar refractivity (Wildman–Crippen MR) is 133 cm³/mol. The van der Waals surface area contributed by atoms with Crippen LogP contribution in [0.3, 0.4) is 0 Å². The second-order valence-electron chi connectivity index (χ2n) is 8.54. The zero-order chi connectivity index (χ0) is 21.5. The van der Waals surface area contributed by atoms with E-state index in [1.54, 1.807) is 0 Å². The van der Waals surface area contributed by atoms with Crippen LogP contribution in [0.4, 0.5) is 0 Å². The first kappa shape index (κ1) is 22.1. The molecule has 31 heavy (non-hydrogen) atoms. The number of fused-ring (bicyclic) bond motifs is 1. The zero-order valence-corrected chi connectivity index (χ0v) is 19.0. The summed E-state index contributed by atoms with van der Waals surface area (Å²) in [6, 6.07) is 25.4. The maximum Gasteiger partial charge on any atom is 0.162 e. The van der Waals surface area contributed by atoms with E-state index in [1.165, 1.54) is 10.9 Å². The van der Waals surface area contributed by atoms with Crippen LogP contribution in [0.1, 0.15) is 35.2 Å². The van der Waals surface area contributed by atoms with Gasteiger partial charge in [-0.3, -0.25) is 9.69 Å². The van der Waals surface area contributed by atoms with Crippen molar-refractivity contribution >= 4 is 29.2 Å². The zero-order valence-electron chi connectivity index (χ0n) is 18.1. The largest absolute Gasteiger partial charge is 0.300 e. The first-order valence-electron chi connectivity index (χ1n) is 11.4. The lowest BCUT2D eigenvalue weighted by atomic mass is 10.0. The van der Waals surface area contributed by atoms with Gasteiger partial charge in [-0.05, 0) is 41.8 Å². The van der Waals surface area contributed by atoms with E-state index in [1.807, 2.05) is 24.3 Å². The summed E-state index contributed by atoms with van der Waals surface area (Å²) < 4.78 is 0. The molecule has 1 aliphatic rings. The van der Waals surface area contributed by atoms with E-state index < -0.39 is 0 Å². The average Bonchev–Trinajstić information content (AvgIpc) is 2.82. The molecule has 0 spiro atoms. The molecule has 0 radical (unpaired) electrons. The Kier molecular flexibility index (Phi) is 7.79. The normalized spacial score (nSPS) is 17.8. The standard InChI is InChI=1S/C27H32N2OS/c30-27(25-14-13-23-10-4-5-11-24(23)18-25)12-6-7-15-28-16-17-29(26(20-28)21-31)19-22-8-2-1-3-9-22/h1-5,8-11,13-14,18,26,31H,6-7,12,15-17,19-21H2. The van der Waals surface area contributed by atoms with E-state index in [2.05, 4.69) is 71.0 Å². The van der Waals surface area contributed by atoms with Crippen LogP contribution in [0.5, 0.6) is 0 Å². The third-order valence-corrected chi connectivity index (χ3v) is 6.75. The van der Waals surface area contributed by atoms with Crippen LogP contribution >= 0.6 is 12.6 Å². The fraction of sp³-hybridized carbons (Fsp3) is 0.370. The predicted octanol–water partition coefficient (Wildman–Crippen LogP) is 5.31. The third-order valence-electron chi connectivity index (χ3n) is 6.33. The molecule has 3 aromatic carbocycles. The van der Waals surface area contributed by atoms with Gasteiger partial charge in [0.2, 0.25) is 0 Å². The van der Waals surface area contributed by atoms with Gasteiger partial charge in [-0.15, -0.1) is 0 Å². The second-order valence-corrected chi connectivity index (χ2v) is 8.90. The number of hydrogen-bond acceptors (Lipinski definition) is 4. The van der Waals surface area contributed by atoms with Crippen molar-refractivity contribution < 1.29 is 4.79 Å². The van der Waals surface area contributed by atoms with E-state index in [0.717, 1.165) is 62.3 Å². The van der Waals surface area contributed by atoms with Crippen LogP contribution < -0.4 is 0 Å². The lowest BCUT2D eigenvalue weighted by molar-refractivity contribution is 0.0786. The van der Waals surface area contributed by atoms with E-state index in [4.69, 9.17) is 0 Å². The highest BCUT2D eigenvalue weighted by Gasteiger charge is 2.25. The van der Waals surface area contributed by atoms with Gasteiger partial charge in [0.25, 0.3) is 0 Å². The molecule has 3 aromatic rings. The molecule has 1 atom stereocenters. The molecule has 162 valence electrons. The van der Waals surface area contributed by atoms with Crippen LogP contribution in [-0.4, -0.2) is 53.6 Å². The van der Waals surface area contributed by atoms with E-state index in [9.17, 15) is 4.79 Å². The van der Waals surface area contributed by atoms with Gasteiger partial charge in [0.1, 0.15) is 0 Å². The molecular weight excluding hydrogens is 400 g/mol. The number of benzene rings is 3. The molecule has 4 rings (SSSR count). The quantitative estimate of drug-likeness (QED) is 0.282. The summed E-state index contributed by atoms with van der Waals surface area (Å²) in [5.74, 6) is 1.13. The van der Waals surface area contributed by atoms with Gasteiger partial charge in [0.05, 0.1) is 0 Å². The maximum atomic E-state index is 12.6. The summed E-state index contributed by atoms with van der Waals surface area (Å²) in [4.78, 5) is 17.7. The van der Waals surface area contributed by atoms with Crippen molar-refractivity contribution in [2.24, 2.45) is 0 Å². The monoisotopic (exact) mass is 432 g/mol. The van der Waals surface area contributed by atoms with Crippen molar-refractivity contribution in [1.29, 1.82) is 0 Å². The van der Waals surface area contributed by atoms with Crippen molar-refractivity contribution in [3.8, 4) is 0 Å².